The Kier molecular flexibility index (Phi) is 5.41. The molecule has 0 aliphatic heterocycles. The minimum atomic E-state index is -0.652. The second kappa shape index (κ2) is 7.51. The van der Waals surface area contributed by atoms with Crippen molar-refractivity contribution in [2.24, 2.45) is 0 Å². The van der Waals surface area contributed by atoms with E-state index in [4.69, 9.17) is 15.7 Å². The summed E-state index contributed by atoms with van der Waals surface area (Å²) in [6.07, 6.45) is 1.46. The molecule has 0 bridgehead atoms. The predicted molar refractivity (Wildman–Crippen MR) is 93.4 cm³/mol. The number of esters is 1. The fourth-order valence-corrected chi connectivity index (χ4v) is 2.34. The van der Waals surface area contributed by atoms with E-state index in [-0.39, 0.29) is 29.4 Å². The number of methoxy groups -OCH3 is 1. The van der Waals surface area contributed by atoms with E-state index < -0.39 is 5.97 Å². The topological polar surface area (TPSA) is 113 Å². The van der Waals surface area contributed by atoms with Gasteiger partial charge in [-0.2, -0.15) is 5.26 Å². The average Bonchev–Trinajstić information content (AvgIpc) is 2.90. The standard InChI is InChI=1S/C17H19N5O3/c1-21(2)10-14(23)20-12-5-4-6-13(7-12)22-9-11(8-18)15(19)16(22)17(24)25-3/h4-7,9H,10,19H2,1-3H3,(H,20,23). The Bertz CT molecular complexity index is 848. The molecule has 0 aliphatic rings. The molecule has 1 aromatic carbocycles. The number of carbonyl (C=O) groups excluding carboxylic acids is 2. The number of amides is 1. The molecular formula is C17H19N5O3. The quantitative estimate of drug-likeness (QED) is 0.791. The highest BCUT2D eigenvalue weighted by Crippen LogP contribution is 2.26. The summed E-state index contributed by atoms with van der Waals surface area (Å²) < 4.78 is 6.22. The smallest absolute Gasteiger partial charge is 0.357 e. The number of carbonyl (C=O) groups is 2. The summed E-state index contributed by atoms with van der Waals surface area (Å²) in [5.74, 6) is -0.818. The minimum Gasteiger partial charge on any atom is -0.464 e. The molecule has 0 saturated heterocycles. The first kappa shape index (κ1) is 18.0. The number of hydrogen-bond donors (Lipinski definition) is 2. The second-order valence-corrected chi connectivity index (χ2v) is 5.61. The van der Waals surface area contributed by atoms with Crippen LogP contribution in [0.1, 0.15) is 16.1 Å². The largest absolute Gasteiger partial charge is 0.464 e. The monoisotopic (exact) mass is 341 g/mol. The van der Waals surface area contributed by atoms with Gasteiger partial charge in [-0.15, -0.1) is 0 Å². The van der Waals surface area contributed by atoms with Gasteiger partial charge in [0, 0.05) is 17.6 Å². The molecule has 1 amide bonds. The van der Waals surface area contributed by atoms with Crippen LogP contribution in [0.15, 0.2) is 30.5 Å². The number of likely N-dealkylation sites (N-methyl/N-ethyl adjacent to an activating group) is 1. The summed E-state index contributed by atoms with van der Waals surface area (Å²) in [5, 5.41) is 11.9. The number of nitrogens with one attached hydrogen (secondary N) is 1. The van der Waals surface area contributed by atoms with Crippen molar-refractivity contribution in [3.63, 3.8) is 0 Å². The maximum absolute atomic E-state index is 12.0. The molecule has 1 heterocycles. The van der Waals surface area contributed by atoms with Crippen LogP contribution >= 0.6 is 0 Å². The summed E-state index contributed by atoms with van der Waals surface area (Å²) in [4.78, 5) is 25.7. The van der Waals surface area contributed by atoms with Gasteiger partial charge >= 0.3 is 5.97 Å². The zero-order chi connectivity index (χ0) is 18.6. The normalized spacial score (nSPS) is 10.4. The lowest BCUT2D eigenvalue weighted by atomic mass is 10.2. The van der Waals surface area contributed by atoms with Crippen molar-refractivity contribution in [3.8, 4) is 11.8 Å². The second-order valence-electron chi connectivity index (χ2n) is 5.61. The third-order valence-electron chi connectivity index (χ3n) is 3.41. The SMILES string of the molecule is COC(=O)c1c(N)c(C#N)cn1-c1cccc(NC(=O)CN(C)C)c1. The Morgan fingerprint density at radius 3 is 2.72 bits per heavy atom. The number of nitrogens with zero attached hydrogens (tertiary/aromatic N) is 3. The van der Waals surface area contributed by atoms with Crippen LogP contribution in [0.25, 0.3) is 5.69 Å². The number of rotatable bonds is 5. The molecule has 0 atom stereocenters. The molecule has 8 heteroatoms. The molecule has 0 aliphatic carbocycles. The van der Waals surface area contributed by atoms with E-state index in [1.165, 1.54) is 17.9 Å². The van der Waals surface area contributed by atoms with Gasteiger partial charge in [0.15, 0.2) is 5.69 Å². The molecule has 0 radical (unpaired) electrons. The number of ether oxygens (including phenoxy) is 1. The lowest BCUT2D eigenvalue weighted by molar-refractivity contribution is -0.116. The van der Waals surface area contributed by atoms with Gasteiger partial charge in [0.25, 0.3) is 0 Å². The lowest BCUT2D eigenvalue weighted by Crippen LogP contribution is -2.27. The Balaban J connectivity index is 2.43. The number of anilines is 2. The van der Waals surface area contributed by atoms with Crippen LogP contribution in [0.3, 0.4) is 0 Å². The van der Waals surface area contributed by atoms with Crippen molar-refractivity contribution < 1.29 is 14.3 Å². The van der Waals surface area contributed by atoms with Gasteiger partial charge in [-0.05, 0) is 32.3 Å². The molecule has 1 aromatic heterocycles. The molecule has 130 valence electrons. The molecule has 2 aromatic rings. The first-order valence-electron chi connectivity index (χ1n) is 7.41. The highest BCUT2D eigenvalue weighted by molar-refractivity contribution is 5.96. The van der Waals surface area contributed by atoms with Gasteiger partial charge in [0.2, 0.25) is 5.91 Å². The van der Waals surface area contributed by atoms with Crippen molar-refractivity contribution in [1.29, 1.82) is 5.26 Å². The fraction of sp³-hybridized carbons (Fsp3) is 0.235. The van der Waals surface area contributed by atoms with E-state index in [0.29, 0.717) is 11.4 Å². The fourth-order valence-electron chi connectivity index (χ4n) is 2.34. The first-order chi connectivity index (χ1) is 11.9. The van der Waals surface area contributed by atoms with Crippen molar-refractivity contribution in [2.45, 2.75) is 0 Å². The zero-order valence-corrected chi connectivity index (χ0v) is 14.2. The lowest BCUT2D eigenvalue weighted by Gasteiger charge is -2.12. The molecule has 0 saturated carbocycles. The summed E-state index contributed by atoms with van der Waals surface area (Å²) in [7, 11) is 4.83. The Labute approximate surface area is 145 Å². The van der Waals surface area contributed by atoms with E-state index in [9.17, 15) is 9.59 Å². The molecule has 0 unspecified atom stereocenters. The number of aromatic nitrogens is 1. The maximum atomic E-state index is 12.0. The average molecular weight is 341 g/mol. The summed E-state index contributed by atoms with van der Waals surface area (Å²) >= 11 is 0. The van der Waals surface area contributed by atoms with Gasteiger partial charge in [0.1, 0.15) is 6.07 Å². The molecule has 3 N–H and O–H groups in total. The zero-order valence-electron chi connectivity index (χ0n) is 14.2. The number of nitrogen functional groups attached to an aromatic ring is 1. The van der Waals surface area contributed by atoms with Gasteiger partial charge in [0.05, 0.1) is 24.9 Å². The number of nitriles is 1. The van der Waals surface area contributed by atoms with Gasteiger partial charge in [-0.25, -0.2) is 4.79 Å². The molecule has 25 heavy (non-hydrogen) atoms. The van der Waals surface area contributed by atoms with E-state index >= 15 is 0 Å². The van der Waals surface area contributed by atoms with E-state index in [0.717, 1.165) is 0 Å². The predicted octanol–water partition coefficient (Wildman–Crippen LogP) is 1.22. The highest BCUT2D eigenvalue weighted by Gasteiger charge is 2.21. The molecule has 2 rings (SSSR count). The van der Waals surface area contributed by atoms with Crippen LogP contribution in [0.4, 0.5) is 11.4 Å². The minimum absolute atomic E-state index is 0.0522. The first-order valence-corrected chi connectivity index (χ1v) is 7.41. The van der Waals surface area contributed by atoms with Crippen molar-refractivity contribution in [2.75, 3.05) is 38.8 Å². The van der Waals surface area contributed by atoms with Crippen LogP contribution in [-0.4, -0.2) is 49.1 Å². The molecule has 8 nitrogen and oxygen atoms in total. The summed E-state index contributed by atoms with van der Waals surface area (Å²) in [5.41, 5.74) is 7.30. The van der Waals surface area contributed by atoms with Crippen molar-refractivity contribution in [1.82, 2.24) is 9.47 Å². The van der Waals surface area contributed by atoms with E-state index in [1.54, 1.807) is 43.3 Å². The van der Waals surface area contributed by atoms with Crippen LogP contribution < -0.4 is 11.1 Å². The Morgan fingerprint density at radius 1 is 1.40 bits per heavy atom. The van der Waals surface area contributed by atoms with Gasteiger partial charge < -0.3 is 25.3 Å². The molecule has 0 spiro atoms. The van der Waals surface area contributed by atoms with Gasteiger partial charge in [-0.3, -0.25) is 4.79 Å². The molecule has 0 fully saturated rings. The van der Waals surface area contributed by atoms with E-state index in [2.05, 4.69) is 5.32 Å². The van der Waals surface area contributed by atoms with Crippen LogP contribution in [-0.2, 0) is 9.53 Å². The van der Waals surface area contributed by atoms with Crippen LogP contribution in [0.5, 0.6) is 0 Å². The van der Waals surface area contributed by atoms with E-state index in [1.807, 2.05) is 6.07 Å². The number of hydrogen-bond acceptors (Lipinski definition) is 6. The third kappa shape index (κ3) is 3.97. The Morgan fingerprint density at radius 2 is 2.12 bits per heavy atom. The Hall–Kier alpha value is -3.31. The van der Waals surface area contributed by atoms with Crippen molar-refractivity contribution in [3.05, 3.63) is 41.7 Å². The van der Waals surface area contributed by atoms with Crippen LogP contribution in [0.2, 0.25) is 0 Å². The number of benzene rings is 1. The highest BCUT2D eigenvalue weighted by atomic mass is 16.5. The van der Waals surface area contributed by atoms with Gasteiger partial charge in [-0.1, -0.05) is 6.07 Å². The van der Waals surface area contributed by atoms with Crippen LogP contribution in [0, 0.1) is 11.3 Å². The molecular weight excluding hydrogens is 322 g/mol. The third-order valence-corrected chi connectivity index (χ3v) is 3.41. The van der Waals surface area contributed by atoms with Crippen molar-refractivity contribution >= 4 is 23.3 Å². The maximum Gasteiger partial charge on any atom is 0.357 e. The number of nitrogens with two attached hydrogens (primary N) is 1. The summed E-state index contributed by atoms with van der Waals surface area (Å²) in [6.45, 7) is 0.243. The summed E-state index contributed by atoms with van der Waals surface area (Å²) in [6, 6.07) is 8.81.